The van der Waals surface area contributed by atoms with Crippen LogP contribution in [0, 0.1) is 19.3 Å². The van der Waals surface area contributed by atoms with Crippen molar-refractivity contribution in [2.24, 2.45) is 0 Å². The maximum Gasteiger partial charge on any atom is 0.267 e. The lowest BCUT2D eigenvalue weighted by atomic mass is 9.99. The number of alkyl halides is 2. The van der Waals surface area contributed by atoms with Gasteiger partial charge in [0, 0.05) is 25.8 Å². The second kappa shape index (κ2) is 12.5. The summed E-state index contributed by atoms with van der Waals surface area (Å²) >= 11 is 0. The van der Waals surface area contributed by atoms with Crippen molar-refractivity contribution in [2.45, 2.75) is 63.3 Å². The summed E-state index contributed by atoms with van der Waals surface area (Å²) in [5, 5.41) is 16.2. The topological polar surface area (TPSA) is 98.7 Å². The maximum absolute atomic E-state index is 14.4. The van der Waals surface area contributed by atoms with Crippen LogP contribution in [0.25, 0.3) is 0 Å². The van der Waals surface area contributed by atoms with E-state index in [4.69, 9.17) is 6.42 Å². The molecule has 0 aromatic heterocycles. The highest BCUT2D eigenvalue weighted by atomic mass is 19.3. The van der Waals surface area contributed by atoms with E-state index in [-0.39, 0.29) is 25.8 Å². The Kier molecular flexibility index (Phi) is 9.36. The molecule has 3 N–H and O–H groups in total. The van der Waals surface area contributed by atoms with Crippen LogP contribution in [0.2, 0.25) is 0 Å². The highest BCUT2D eigenvalue weighted by molar-refractivity contribution is 5.91. The number of carbonyl (C=O) groups excluding carboxylic acids is 3. The zero-order valence-electron chi connectivity index (χ0n) is 20.6. The number of likely N-dealkylation sites (tertiary alicyclic amines) is 1. The van der Waals surface area contributed by atoms with Crippen molar-refractivity contribution in [1.29, 1.82) is 0 Å². The Morgan fingerprint density at radius 1 is 1.16 bits per heavy atom. The van der Waals surface area contributed by atoms with Crippen molar-refractivity contribution in [2.75, 3.05) is 6.54 Å². The van der Waals surface area contributed by atoms with Crippen LogP contribution in [0.15, 0.2) is 54.6 Å². The first kappa shape index (κ1) is 27.8. The number of aryl methyl sites for hydroxylation is 1. The van der Waals surface area contributed by atoms with Gasteiger partial charge < -0.3 is 20.6 Å². The van der Waals surface area contributed by atoms with Crippen LogP contribution in [-0.4, -0.2) is 58.4 Å². The first-order valence-electron chi connectivity index (χ1n) is 12.1. The minimum atomic E-state index is -3.30. The number of hydrogen-bond donors (Lipinski definition) is 3. The number of halogens is 2. The zero-order valence-corrected chi connectivity index (χ0v) is 20.6. The number of nitrogens with one attached hydrogen (secondary N) is 2. The molecule has 1 aliphatic rings. The number of amides is 3. The van der Waals surface area contributed by atoms with E-state index in [1.807, 2.05) is 25.1 Å². The maximum atomic E-state index is 14.4. The molecule has 1 fully saturated rings. The number of nitrogens with zero attached hydrogens (tertiary/aromatic N) is 1. The van der Waals surface area contributed by atoms with Crippen LogP contribution < -0.4 is 10.6 Å². The molecule has 0 radical (unpaired) electrons. The molecule has 0 spiro atoms. The average molecular weight is 512 g/mol. The van der Waals surface area contributed by atoms with Gasteiger partial charge >= 0.3 is 0 Å². The summed E-state index contributed by atoms with van der Waals surface area (Å²) in [6.07, 6.45) is 2.72. The Morgan fingerprint density at radius 2 is 1.84 bits per heavy atom. The first-order valence-corrected chi connectivity index (χ1v) is 12.1. The molecule has 2 aromatic rings. The highest BCUT2D eigenvalue weighted by Gasteiger charge is 2.51. The number of aliphatic hydroxyl groups is 1. The quantitative estimate of drug-likeness (QED) is 0.427. The molecule has 0 bridgehead atoms. The Morgan fingerprint density at radius 3 is 2.51 bits per heavy atom. The Labute approximate surface area is 215 Å². The molecule has 3 atom stereocenters. The van der Waals surface area contributed by atoms with Gasteiger partial charge in [-0.25, -0.2) is 8.78 Å². The van der Waals surface area contributed by atoms with Crippen LogP contribution in [-0.2, 0) is 27.3 Å². The first-order chi connectivity index (χ1) is 17.6. The fourth-order valence-electron chi connectivity index (χ4n) is 4.31. The van der Waals surface area contributed by atoms with Crippen molar-refractivity contribution in [1.82, 2.24) is 15.5 Å². The fraction of sp³-hybridized carbons (Fsp3) is 0.393. The monoisotopic (exact) mass is 511 g/mol. The van der Waals surface area contributed by atoms with E-state index in [0.717, 1.165) is 16.7 Å². The smallest absolute Gasteiger partial charge is 0.267 e. The molecule has 7 nitrogen and oxygen atoms in total. The predicted octanol–water partition coefficient (Wildman–Crippen LogP) is 2.35. The van der Waals surface area contributed by atoms with E-state index in [2.05, 4.69) is 16.6 Å². The van der Waals surface area contributed by atoms with Gasteiger partial charge in [0.2, 0.25) is 11.8 Å². The molecule has 3 unspecified atom stereocenters. The third-order valence-corrected chi connectivity index (χ3v) is 6.35. The minimum absolute atomic E-state index is 0.0194. The van der Waals surface area contributed by atoms with Gasteiger partial charge in [0.25, 0.3) is 11.8 Å². The van der Waals surface area contributed by atoms with Crippen molar-refractivity contribution in [3.05, 3.63) is 71.3 Å². The Bertz CT molecular complexity index is 1150. The number of aliphatic hydroxyl groups excluding tert-OH is 1. The lowest BCUT2D eigenvalue weighted by Crippen LogP contribution is -2.55. The lowest BCUT2D eigenvalue weighted by molar-refractivity contribution is -0.147. The molecule has 37 heavy (non-hydrogen) atoms. The number of hydrogen-bond acceptors (Lipinski definition) is 4. The van der Waals surface area contributed by atoms with E-state index in [1.165, 1.54) is 0 Å². The molecule has 1 saturated heterocycles. The number of benzene rings is 2. The van der Waals surface area contributed by atoms with Gasteiger partial charge in [-0.2, -0.15) is 0 Å². The van der Waals surface area contributed by atoms with Crippen molar-refractivity contribution in [3.8, 4) is 12.3 Å². The van der Waals surface area contributed by atoms with Crippen LogP contribution in [0.3, 0.4) is 0 Å². The second-order valence-electron chi connectivity index (χ2n) is 9.20. The van der Waals surface area contributed by atoms with Gasteiger partial charge in [-0.15, -0.1) is 12.3 Å². The Hall–Kier alpha value is -3.77. The van der Waals surface area contributed by atoms with Crippen LogP contribution in [0.4, 0.5) is 8.78 Å². The fourth-order valence-corrected chi connectivity index (χ4v) is 4.31. The van der Waals surface area contributed by atoms with Gasteiger partial charge in [-0.3, -0.25) is 14.4 Å². The highest BCUT2D eigenvalue weighted by Crippen LogP contribution is 2.33. The normalized spacial score (nSPS) is 17.9. The summed E-state index contributed by atoms with van der Waals surface area (Å²) in [6.45, 7) is 0.969. The molecule has 0 aliphatic carbocycles. The van der Waals surface area contributed by atoms with Crippen LogP contribution >= 0.6 is 0 Å². The molecule has 1 heterocycles. The van der Waals surface area contributed by atoms with Gasteiger partial charge in [0.1, 0.15) is 6.04 Å². The Balaban J connectivity index is 1.76. The third kappa shape index (κ3) is 7.61. The molecule has 2 aromatic carbocycles. The summed E-state index contributed by atoms with van der Waals surface area (Å²) in [5.74, 6) is -3.22. The molecule has 0 saturated carbocycles. The molecule has 1 aliphatic heterocycles. The molecule has 3 rings (SSSR count). The largest absolute Gasteiger partial charge is 0.381 e. The molecule has 196 valence electrons. The summed E-state index contributed by atoms with van der Waals surface area (Å²) in [6, 6.07) is 13.6. The number of carbonyl (C=O) groups is 3. The van der Waals surface area contributed by atoms with E-state index >= 15 is 0 Å². The number of terminal acetylenes is 1. The summed E-state index contributed by atoms with van der Waals surface area (Å²) in [4.78, 5) is 39.2. The van der Waals surface area contributed by atoms with Gasteiger partial charge in [-0.1, -0.05) is 54.6 Å². The van der Waals surface area contributed by atoms with Crippen molar-refractivity contribution >= 4 is 17.7 Å². The van der Waals surface area contributed by atoms with Gasteiger partial charge in [0.15, 0.2) is 6.10 Å². The standard InChI is InChI=1S/C28H31F2N3O4/c1-3-4-14-24(34)32-22(15-20-11-6-5-7-12-20)25(35)27(37)33-18-28(29,30)16-23(33)26(36)31-17-21-13-9-8-10-19(21)2/h1,5-13,22-23,25,35H,4,14-18H2,2H3,(H,31,36)(H,32,34). The van der Waals surface area contributed by atoms with Gasteiger partial charge in [-0.05, 0) is 30.0 Å². The summed E-state index contributed by atoms with van der Waals surface area (Å²) in [5.41, 5.74) is 2.46. The molecular weight excluding hydrogens is 480 g/mol. The number of rotatable bonds is 10. The van der Waals surface area contributed by atoms with E-state index in [0.29, 0.717) is 4.90 Å². The van der Waals surface area contributed by atoms with Crippen molar-refractivity contribution < 1.29 is 28.3 Å². The van der Waals surface area contributed by atoms with E-state index in [9.17, 15) is 28.3 Å². The SMILES string of the molecule is C#CCCC(=O)NC(Cc1ccccc1)C(O)C(=O)N1CC(F)(F)CC1C(=O)NCc1ccccc1C. The van der Waals surface area contributed by atoms with E-state index in [1.54, 1.807) is 36.4 Å². The molecule has 3 amide bonds. The lowest BCUT2D eigenvalue weighted by Gasteiger charge is -2.30. The third-order valence-electron chi connectivity index (χ3n) is 6.35. The van der Waals surface area contributed by atoms with E-state index < -0.39 is 54.8 Å². The summed E-state index contributed by atoms with van der Waals surface area (Å²) in [7, 11) is 0. The average Bonchev–Trinajstić information content (AvgIpc) is 3.21. The zero-order chi connectivity index (χ0) is 27.0. The van der Waals surface area contributed by atoms with Crippen LogP contribution in [0.5, 0.6) is 0 Å². The van der Waals surface area contributed by atoms with Crippen LogP contribution in [0.1, 0.15) is 36.0 Å². The predicted molar refractivity (Wildman–Crippen MR) is 134 cm³/mol. The minimum Gasteiger partial charge on any atom is -0.381 e. The molecule has 9 heteroatoms. The van der Waals surface area contributed by atoms with Gasteiger partial charge in [0.05, 0.1) is 12.6 Å². The summed E-state index contributed by atoms with van der Waals surface area (Å²) < 4.78 is 28.8. The second-order valence-corrected chi connectivity index (χ2v) is 9.20. The molecular formula is C28H31F2N3O4. The van der Waals surface area contributed by atoms with Crippen molar-refractivity contribution in [3.63, 3.8) is 0 Å².